The van der Waals surface area contributed by atoms with Crippen LogP contribution in [0.5, 0.6) is 0 Å². The Labute approximate surface area is 140 Å². The Morgan fingerprint density at radius 1 is 1.18 bits per heavy atom. The fourth-order valence-electron chi connectivity index (χ4n) is 1.95. The number of nitrogens with two attached hydrogens (primary N) is 1. The summed E-state index contributed by atoms with van der Waals surface area (Å²) in [6.07, 6.45) is 1.32. The number of para-hydroxylation sites is 1. The minimum atomic E-state index is -0.327. The van der Waals surface area contributed by atoms with Gasteiger partial charge in [0.15, 0.2) is 5.69 Å². The second-order valence-electron chi connectivity index (χ2n) is 4.59. The second-order valence-corrected chi connectivity index (χ2v) is 5.84. The average Bonchev–Trinajstić information content (AvgIpc) is 2.97. The van der Waals surface area contributed by atoms with Crippen molar-refractivity contribution in [1.82, 2.24) is 4.98 Å². The van der Waals surface area contributed by atoms with Crippen molar-refractivity contribution in [3.8, 4) is 11.5 Å². The highest BCUT2D eigenvalue weighted by molar-refractivity contribution is 14.1. The molecule has 0 aliphatic rings. The fourth-order valence-corrected chi connectivity index (χ4v) is 2.50. The number of anilines is 2. The van der Waals surface area contributed by atoms with Gasteiger partial charge in [-0.05, 0) is 52.9 Å². The molecular weight excluding hydrogens is 393 g/mol. The van der Waals surface area contributed by atoms with Gasteiger partial charge in [-0.3, -0.25) is 4.79 Å². The molecule has 5 nitrogen and oxygen atoms in total. The van der Waals surface area contributed by atoms with Gasteiger partial charge in [-0.15, -0.1) is 0 Å². The first-order valence-electron chi connectivity index (χ1n) is 6.51. The van der Waals surface area contributed by atoms with E-state index >= 15 is 0 Å². The smallest absolute Gasteiger partial charge is 0.277 e. The zero-order valence-corrected chi connectivity index (χ0v) is 13.6. The number of nitrogen functional groups attached to an aromatic ring is 1. The summed E-state index contributed by atoms with van der Waals surface area (Å²) < 4.78 is 6.40. The predicted octanol–water partition coefficient (Wildman–Crippen LogP) is 3.78. The molecular formula is C16H12IN3O2. The van der Waals surface area contributed by atoms with Crippen molar-refractivity contribution < 1.29 is 9.21 Å². The van der Waals surface area contributed by atoms with E-state index in [1.807, 2.05) is 36.4 Å². The summed E-state index contributed by atoms with van der Waals surface area (Å²) in [6.45, 7) is 0. The Balaban J connectivity index is 1.82. The lowest BCUT2D eigenvalue weighted by Gasteiger charge is -2.02. The SMILES string of the molecule is Nc1ccccc1-c1nc(C(=O)Nc2cccc(I)c2)co1. The molecule has 0 aliphatic heterocycles. The Morgan fingerprint density at radius 3 is 2.77 bits per heavy atom. The first-order valence-corrected chi connectivity index (χ1v) is 7.58. The highest BCUT2D eigenvalue weighted by atomic mass is 127. The molecule has 0 radical (unpaired) electrons. The molecule has 0 aliphatic carbocycles. The molecule has 0 spiro atoms. The van der Waals surface area contributed by atoms with Crippen LogP contribution in [0.4, 0.5) is 11.4 Å². The molecule has 2 aromatic carbocycles. The Morgan fingerprint density at radius 2 is 2.00 bits per heavy atom. The standard InChI is InChI=1S/C16H12IN3O2/c17-10-4-3-5-11(8-10)19-15(21)14-9-22-16(20-14)12-6-1-2-7-13(12)18/h1-9H,18H2,(H,19,21). The van der Waals surface area contributed by atoms with Crippen molar-refractivity contribution in [2.75, 3.05) is 11.1 Å². The van der Waals surface area contributed by atoms with E-state index in [1.165, 1.54) is 6.26 Å². The number of hydrogen-bond donors (Lipinski definition) is 2. The fraction of sp³-hybridized carbons (Fsp3) is 0. The topological polar surface area (TPSA) is 81.1 Å². The van der Waals surface area contributed by atoms with Crippen molar-refractivity contribution in [2.24, 2.45) is 0 Å². The maximum absolute atomic E-state index is 12.2. The van der Waals surface area contributed by atoms with E-state index in [-0.39, 0.29) is 11.6 Å². The molecule has 6 heteroatoms. The van der Waals surface area contributed by atoms with Crippen molar-refractivity contribution >= 4 is 39.9 Å². The van der Waals surface area contributed by atoms with Gasteiger partial charge in [0.1, 0.15) is 6.26 Å². The van der Waals surface area contributed by atoms with Crippen LogP contribution in [0.25, 0.3) is 11.5 Å². The summed E-state index contributed by atoms with van der Waals surface area (Å²) in [7, 11) is 0. The summed E-state index contributed by atoms with van der Waals surface area (Å²) in [6, 6.07) is 14.7. The highest BCUT2D eigenvalue weighted by Crippen LogP contribution is 2.24. The number of hydrogen-bond acceptors (Lipinski definition) is 4. The molecule has 0 saturated heterocycles. The van der Waals surface area contributed by atoms with Gasteiger partial charge in [-0.2, -0.15) is 0 Å². The zero-order valence-electron chi connectivity index (χ0n) is 11.4. The third kappa shape index (κ3) is 3.11. The third-order valence-corrected chi connectivity index (χ3v) is 3.68. The predicted molar refractivity (Wildman–Crippen MR) is 93.5 cm³/mol. The molecule has 3 aromatic rings. The second kappa shape index (κ2) is 6.18. The van der Waals surface area contributed by atoms with Crippen LogP contribution in [0.3, 0.4) is 0 Å². The lowest BCUT2D eigenvalue weighted by molar-refractivity contribution is 0.102. The van der Waals surface area contributed by atoms with Crippen LogP contribution in [-0.4, -0.2) is 10.9 Å². The van der Waals surface area contributed by atoms with Crippen LogP contribution in [0.1, 0.15) is 10.5 Å². The molecule has 1 amide bonds. The summed E-state index contributed by atoms with van der Waals surface area (Å²) in [4.78, 5) is 16.4. The number of benzene rings is 2. The third-order valence-electron chi connectivity index (χ3n) is 3.01. The number of oxazole rings is 1. The average molecular weight is 405 g/mol. The number of rotatable bonds is 3. The molecule has 3 rings (SSSR count). The van der Waals surface area contributed by atoms with E-state index in [0.29, 0.717) is 22.8 Å². The van der Waals surface area contributed by atoms with Gasteiger partial charge in [0.05, 0.1) is 5.56 Å². The molecule has 22 heavy (non-hydrogen) atoms. The van der Waals surface area contributed by atoms with Crippen molar-refractivity contribution in [1.29, 1.82) is 0 Å². The van der Waals surface area contributed by atoms with Crippen LogP contribution < -0.4 is 11.1 Å². The van der Waals surface area contributed by atoms with E-state index < -0.39 is 0 Å². The van der Waals surface area contributed by atoms with Crippen LogP contribution in [-0.2, 0) is 0 Å². The summed E-state index contributed by atoms with van der Waals surface area (Å²) in [5.74, 6) is -0.00241. The molecule has 0 fully saturated rings. The Bertz CT molecular complexity index is 830. The molecule has 0 saturated carbocycles. The maximum Gasteiger partial charge on any atom is 0.277 e. The summed E-state index contributed by atoms with van der Waals surface area (Å²) in [5, 5.41) is 2.78. The van der Waals surface area contributed by atoms with Crippen molar-refractivity contribution in [2.45, 2.75) is 0 Å². The van der Waals surface area contributed by atoms with E-state index in [9.17, 15) is 4.79 Å². The number of aromatic nitrogens is 1. The lowest BCUT2D eigenvalue weighted by atomic mass is 10.2. The first kappa shape index (κ1) is 14.6. The van der Waals surface area contributed by atoms with Gasteiger partial charge in [-0.1, -0.05) is 18.2 Å². The minimum Gasteiger partial charge on any atom is -0.444 e. The number of nitrogens with one attached hydrogen (secondary N) is 1. The van der Waals surface area contributed by atoms with E-state index in [4.69, 9.17) is 10.2 Å². The van der Waals surface area contributed by atoms with Gasteiger partial charge < -0.3 is 15.5 Å². The van der Waals surface area contributed by atoms with Crippen LogP contribution >= 0.6 is 22.6 Å². The normalized spacial score (nSPS) is 10.4. The molecule has 0 bridgehead atoms. The zero-order chi connectivity index (χ0) is 15.5. The first-order chi connectivity index (χ1) is 10.6. The maximum atomic E-state index is 12.2. The van der Waals surface area contributed by atoms with E-state index in [0.717, 1.165) is 3.57 Å². The van der Waals surface area contributed by atoms with Gasteiger partial charge >= 0.3 is 0 Å². The molecule has 110 valence electrons. The largest absolute Gasteiger partial charge is 0.444 e. The van der Waals surface area contributed by atoms with Gasteiger partial charge in [0.2, 0.25) is 5.89 Å². The number of halogens is 1. The van der Waals surface area contributed by atoms with Gasteiger partial charge in [-0.25, -0.2) is 4.98 Å². The number of amides is 1. The van der Waals surface area contributed by atoms with Crippen molar-refractivity contribution in [3.05, 3.63) is 64.1 Å². The van der Waals surface area contributed by atoms with Crippen LogP contribution in [0, 0.1) is 3.57 Å². The molecule has 1 aromatic heterocycles. The minimum absolute atomic E-state index is 0.206. The Kier molecular flexibility index (Phi) is 4.10. The van der Waals surface area contributed by atoms with Gasteiger partial charge in [0.25, 0.3) is 5.91 Å². The van der Waals surface area contributed by atoms with E-state index in [1.54, 1.807) is 12.1 Å². The summed E-state index contributed by atoms with van der Waals surface area (Å²) in [5.41, 5.74) is 8.00. The quantitative estimate of drug-likeness (QED) is 0.514. The molecule has 0 atom stereocenters. The Hall–Kier alpha value is -2.35. The summed E-state index contributed by atoms with van der Waals surface area (Å²) >= 11 is 2.18. The van der Waals surface area contributed by atoms with Crippen LogP contribution in [0.15, 0.2) is 59.2 Å². The van der Waals surface area contributed by atoms with Gasteiger partial charge in [0, 0.05) is 14.9 Å². The molecule has 0 unspecified atom stereocenters. The van der Waals surface area contributed by atoms with E-state index in [2.05, 4.69) is 32.9 Å². The highest BCUT2D eigenvalue weighted by Gasteiger charge is 2.15. The number of carbonyl (C=O) groups is 1. The van der Waals surface area contributed by atoms with Crippen LogP contribution in [0.2, 0.25) is 0 Å². The number of nitrogens with zero attached hydrogens (tertiary/aromatic N) is 1. The molecule has 1 heterocycles. The van der Waals surface area contributed by atoms with Crippen molar-refractivity contribution in [3.63, 3.8) is 0 Å². The monoisotopic (exact) mass is 405 g/mol. The number of carbonyl (C=O) groups excluding carboxylic acids is 1. The molecule has 3 N–H and O–H groups in total. The lowest BCUT2D eigenvalue weighted by Crippen LogP contribution is -2.12.